The van der Waals surface area contributed by atoms with Gasteiger partial charge in [-0.3, -0.25) is 4.79 Å². The summed E-state index contributed by atoms with van der Waals surface area (Å²) in [6, 6.07) is 15.5. The van der Waals surface area contributed by atoms with Gasteiger partial charge in [0.05, 0.1) is 6.61 Å². The predicted molar refractivity (Wildman–Crippen MR) is 94.8 cm³/mol. The van der Waals surface area contributed by atoms with Gasteiger partial charge in [-0.25, -0.2) is 0 Å². The molecule has 5 nitrogen and oxygen atoms in total. The van der Waals surface area contributed by atoms with E-state index in [-0.39, 0.29) is 12.7 Å². The maximum Gasteiger partial charge on any atom is 0.231 e. The molecule has 1 aliphatic rings. The Kier molecular flexibility index (Phi) is 5.77. The summed E-state index contributed by atoms with van der Waals surface area (Å²) in [7, 11) is 0. The van der Waals surface area contributed by atoms with Crippen LogP contribution in [0.3, 0.4) is 0 Å². The fourth-order valence-corrected chi connectivity index (χ4v) is 2.72. The molecular formula is C20H23NO4. The molecule has 1 amide bonds. The van der Waals surface area contributed by atoms with E-state index < -0.39 is 0 Å². The highest BCUT2D eigenvalue weighted by Crippen LogP contribution is 2.32. The monoisotopic (exact) mass is 341 g/mol. The second kappa shape index (κ2) is 8.42. The van der Waals surface area contributed by atoms with Crippen LogP contribution in [0, 0.1) is 0 Å². The molecule has 0 unspecified atom stereocenters. The molecule has 3 rings (SSSR count). The highest BCUT2D eigenvalue weighted by molar-refractivity contribution is 5.76. The number of fused-ring (bicyclic) bond motifs is 1. The van der Waals surface area contributed by atoms with E-state index in [4.69, 9.17) is 14.2 Å². The van der Waals surface area contributed by atoms with Crippen molar-refractivity contribution in [3.8, 4) is 17.2 Å². The number of benzene rings is 2. The zero-order chi connectivity index (χ0) is 17.5. The summed E-state index contributed by atoms with van der Waals surface area (Å²) in [5.74, 6) is 2.48. The Balaban J connectivity index is 1.46. The third kappa shape index (κ3) is 4.66. The van der Waals surface area contributed by atoms with Crippen molar-refractivity contribution in [2.75, 3.05) is 19.9 Å². The zero-order valence-corrected chi connectivity index (χ0v) is 14.4. The molecule has 0 saturated heterocycles. The zero-order valence-electron chi connectivity index (χ0n) is 14.4. The van der Waals surface area contributed by atoms with Gasteiger partial charge in [0, 0.05) is 19.5 Å². The maximum absolute atomic E-state index is 12.4. The number of hydrogen-bond donors (Lipinski definition) is 0. The number of nitrogens with zero attached hydrogens (tertiary/aromatic N) is 1. The molecule has 0 spiro atoms. The van der Waals surface area contributed by atoms with Gasteiger partial charge in [-0.15, -0.1) is 0 Å². The Morgan fingerprint density at radius 1 is 1.12 bits per heavy atom. The lowest BCUT2D eigenvalue weighted by Crippen LogP contribution is -2.30. The van der Waals surface area contributed by atoms with Crippen LogP contribution < -0.4 is 14.2 Å². The lowest BCUT2D eigenvalue weighted by molar-refractivity contribution is -0.131. The van der Waals surface area contributed by atoms with Crippen LogP contribution in [0.4, 0.5) is 0 Å². The summed E-state index contributed by atoms with van der Waals surface area (Å²) in [6.45, 7) is 4.04. The molecule has 0 saturated carbocycles. The molecule has 1 heterocycles. The minimum absolute atomic E-state index is 0.136. The van der Waals surface area contributed by atoms with Crippen LogP contribution in [0.2, 0.25) is 0 Å². The third-order valence-corrected chi connectivity index (χ3v) is 4.09. The van der Waals surface area contributed by atoms with E-state index in [1.54, 1.807) is 0 Å². The first kappa shape index (κ1) is 17.1. The Bertz CT molecular complexity index is 702. The van der Waals surface area contributed by atoms with Gasteiger partial charge >= 0.3 is 0 Å². The molecule has 1 aliphatic heterocycles. The van der Waals surface area contributed by atoms with Crippen molar-refractivity contribution >= 4 is 5.91 Å². The molecule has 0 N–H and O–H groups in total. The Hall–Kier alpha value is -2.69. The van der Waals surface area contributed by atoms with Gasteiger partial charge < -0.3 is 19.1 Å². The lowest BCUT2D eigenvalue weighted by atomic mass is 10.1. The SMILES string of the molecule is CCN(Cc1ccc2c(c1)OCO2)C(=O)CCCOc1ccccc1. The van der Waals surface area contributed by atoms with Crippen molar-refractivity contribution < 1.29 is 19.0 Å². The smallest absolute Gasteiger partial charge is 0.231 e. The van der Waals surface area contributed by atoms with Gasteiger partial charge in [0.25, 0.3) is 0 Å². The van der Waals surface area contributed by atoms with E-state index in [0.717, 1.165) is 22.8 Å². The topological polar surface area (TPSA) is 48.0 Å². The van der Waals surface area contributed by atoms with Crippen LogP contribution in [-0.4, -0.2) is 30.8 Å². The van der Waals surface area contributed by atoms with Gasteiger partial charge in [0.2, 0.25) is 12.7 Å². The van der Waals surface area contributed by atoms with Crippen molar-refractivity contribution in [3.05, 3.63) is 54.1 Å². The van der Waals surface area contributed by atoms with Crippen LogP contribution in [0.15, 0.2) is 48.5 Å². The quantitative estimate of drug-likeness (QED) is 0.688. The second-order valence-corrected chi connectivity index (χ2v) is 5.86. The van der Waals surface area contributed by atoms with Gasteiger partial charge in [-0.05, 0) is 43.2 Å². The first-order valence-corrected chi connectivity index (χ1v) is 8.60. The van der Waals surface area contributed by atoms with Crippen LogP contribution >= 0.6 is 0 Å². The molecule has 132 valence electrons. The standard InChI is InChI=1S/C20H23NO4/c1-2-21(14-16-10-11-18-19(13-16)25-15-24-18)20(22)9-6-12-23-17-7-4-3-5-8-17/h3-5,7-8,10-11,13H,2,6,9,12,14-15H2,1H3. The average molecular weight is 341 g/mol. The van der Waals surface area contributed by atoms with Crippen molar-refractivity contribution in [2.24, 2.45) is 0 Å². The molecule has 2 aromatic rings. The highest BCUT2D eigenvalue weighted by Gasteiger charge is 2.16. The van der Waals surface area contributed by atoms with E-state index in [9.17, 15) is 4.79 Å². The molecule has 0 aromatic heterocycles. The highest BCUT2D eigenvalue weighted by atomic mass is 16.7. The molecule has 0 atom stereocenters. The number of amides is 1. The molecule has 0 fully saturated rings. The number of rotatable bonds is 8. The van der Waals surface area contributed by atoms with Crippen molar-refractivity contribution in [3.63, 3.8) is 0 Å². The van der Waals surface area contributed by atoms with Crippen LogP contribution in [-0.2, 0) is 11.3 Å². The first-order valence-electron chi connectivity index (χ1n) is 8.60. The van der Waals surface area contributed by atoms with Gasteiger partial charge in [-0.2, -0.15) is 0 Å². The fourth-order valence-electron chi connectivity index (χ4n) is 2.72. The molecule has 2 aromatic carbocycles. The number of carbonyl (C=O) groups excluding carboxylic acids is 1. The summed E-state index contributed by atoms with van der Waals surface area (Å²) in [5, 5.41) is 0. The number of ether oxygens (including phenoxy) is 3. The molecule has 0 radical (unpaired) electrons. The van der Waals surface area contributed by atoms with Gasteiger partial charge in [0.15, 0.2) is 11.5 Å². The molecular weight excluding hydrogens is 318 g/mol. The molecule has 0 bridgehead atoms. The third-order valence-electron chi connectivity index (χ3n) is 4.09. The summed E-state index contributed by atoms with van der Waals surface area (Å²) in [4.78, 5) is 14.3. The first-order chi connectivity index (χ1) is 12.3. The van der Waals surface area contributed by atoms with Crippen LogP contribution in [0.25, 0.3) is 0 Å². The number of hydrogen-bond acceptors (Lipinski definition) is 4. The summed E-state index contributed by atoms with van der Waals surface area (Å²) in [6.07, 6.45) is 1.18. The van der Waals surface area contributed by atoms with E-state index in [1.807, 2.05) is 60.4 Å². The minimum Gasteiger partial charge on any atom is -0.494 e. The van der Waals surface area contributed by atoms with Crippen molar-refractivity contribution in [1.82, 2.24) is 4.90 Å². The van der Waals surface area contributed by atoms with E-state index in [1.165, 1.54) is 0 Å². The Morgan fingerprint density at radius 2 is 1.92 bits per heavy atom. The molecule has 0 aliphatic carbocycles. The van der Waals surface area contributed by atoms with E-state index in [2.05, 4.69) is 0 Å². The normalized spacial score (nSPS) is 12.0. The van der Waals surface area contributed by atoms with E-state index >= 15 is 0 Å². The van der Waals surface area contributed by atoms with Crippen molar-refractivity contribution in [2.45, 2.75) is 26.3 Å². The fraction of sp³-hybridized carbons (Fsp3) is 0.350. The summed E-state index contributed by atoms with van der Waals surface area (Å²) in [5.41, 5.74) is 1.04. The molecule has 5 heteroatoms. The Labute approximate surface area is 148 Å². The van der Waals surface area contributed by atoms with Gasteiger partial charge in [-0.1, -0.05) is 24.3 Å². The minimum atomic E-state index is 0.136. The van der Waals surface area contributed by atoms with Crippen LogP contribution in [0.1, 0.15) is 25.3 Å². The summed E-state index contributed by atoms with van der Waals surface area (Å²) >= 11 is 0. The maximum atomic E-state index is 12.4. The van der Waals surface area contributed by atoms with Crippen LogP contribution in [0.5, 0.6) is 17.2 Å². The predicted octanol–water partition coefficient (Wildman–Crippen LogP) is 3.62. The van der Waals surface area contributed by atoms with Gasteiger partial charge in [0.1, 0.15) is 5.75 Å². The second-order valence-electron chi connectivity index (χ2n) is 5.86. The summed E-state index contributed by atoms with van der Waals surface area (Å²) < 4.78 is 16.3. The van der Waals surface area contributed by atoms with Crippen molar-refractivity contribution in [1.29, 1.82) is 0 Å². The largest absolute Gasteiger partial charge is 0.494 e. The molecule has 25 heavy (non-hydrogen) atoms. The number of carbonyl (C=O) groups is 1. The Morgan fingerprint density at radius 3 is 2.72 bits per heavy atom. The van der Waals surface area contributed by atoms with E-state index in [0.29, 0.717) is 32.5 Å². The average Bonchev–Trinajstić information content (AvgIpc) is 3.11. The lowest BCUT2D eigenvalue weighted by Gasteiger charge is -2.21. The number of para-hydroxylation sites is 1.